The van der Waals surface area contributed by atoms with Gasteiger partial charge in [0.2, 0.25) is 0 Å². The molecule has 0 radical (unpaired) electrons. The first-order valence-corrected chi connectivity index (χ1v) is 6.75. The number of carbonyl (C=O) groups excluding carboxylic acids is 1. The van der Waals surface area contributed by atoms with Crippen molar-refractivity contribution in [2.24, 2.45) is 11.7 Å². The van der Waals surface area contributed by atoms with Crippen LogP contribution in [0.15, 0.2) is 28.7 Å². The highest BCUT2D eigenvalue weighted by Gasteiger charge is 2.48. The third kappa shape index (κ3) is 3.30. The fraction of sp³-hybridized carbons (Fsp3) is 0.462. The smallest absolute Gasteiger partial charge is 0.338 e. The van der Waals surface area contributed by atoms with Gasteiger partial charge in [0.1, 0.15) is 0 Å². The molecule has 0 heterocycles. The van der Waals surface area contributed by atoms with E-state index < -0.39 is 23.9 Å². The van der Waals surface area contributed by atoms with Crippen LogP contribution >= 0.6 is 15.9 Å². The van der Waals surface area contributed by atoms with Crippen molar-refractivity contribution in [3.63, 3.8) is 0 Å². The molecule has 0 aromatic heterocycles. The average Bonchev–Trinajstić information content (AvgIpc) is 2.63. The number of esters is 1. The highest BCUT2D eigenvalue weighted by molar-refractivity contribution is 9.10. The molecular weight excluding hydrogens is 320 g/mol. The molecule has 1 aromatic rings. The zero-order valence-electron chi connectivity index (χ0n) is 10.1. The van der Waals surface area contributed by atoms with Gasteiger partial charge in [-0.3, -0.25) is 0 Å². The monoisotopic (exact) mass is 333 g/mol. The number of halogens is 3. The molecule has 0 aliphatic heterocycles. The fourth-order valence-electron chi connectivity index (χ4n) is 2.11. The molecule has 2 rings (SSSR count). The number of nitrogens with two attached hydrogens (primary N) is 1. The largest absolute Gasteiger partial charge is 0.462 e. The predicted molar refractivity (Wildman–Crippen MR) is 70.1 cm³/mol. The number of alkyl halides is 2. The number of ether oxygens (including phenoxy) is 1. The fourth-order valence-corrected chi connectivity index (χ4v) is 2.37. The Morgan fingerprint density at radius 1 is 1.42 bits per heavy atom. The topological polar surface area (TPSA) is 52.3 Å². The molecule has 1 aromatic carbocycles. The first kappa shape index (κ1) is 14.4. The van der Waals surface area contributed by atoms with Crippen LogP contribution in [0.3, 0.4) is 0 Å². The van der Waals surface area contributed by atoms with Crippen LogP contribution in [0.1, 0.15) is 23.2 Å². The van der Waals surface area contributed by atoms with Gasteiger partial charge in [-0.15, -0.1) is 0 Å². The van der Waals surface area contributed by atoms with Crippen LogP contribution in [0, 0.1) is 5.92 Å². The van der Waals surface area contributed by atoms with Crippen LogP contribution in [-0.2, 0) is 4.74 Å². The normalized spacial score (nSPS) is 25.3. The number of carbonyl (C=O) groups is 1. The zero-order valence-corrected chi connectivity index (χ0v) is 11.7. The van der Waals surface area contributed by atoms with E-state index in [1.807, 2.05) is 0 Å². The molecule has 1 aliphatic carbocycles. The Kier molecular flexibility index (Phi) is 4.20. The molecule has 0 spiro atoms. The second-order valence-corrected chi connectivity index (χ2v) is 5.61. The van der Waals surface area contributed by atoms with E-state index in [0.717, 1.165) is 4.47 Å². The lowest BCUT2D eigenvalue weighted by atomic mass is 10.1. The van der Waals surface area contributed by atoms with Crippen LogP contribution in [0.4, 0.5) is 8.78 Å². The molecule has 0 bridgehead atoms. The Morgan fingerprint density at radius 2 is 2.05 bits per heavy atom. The lowest BCUT2D eigenvalue weighted by Crippen LogP contribution is -2.41. The Balaban J connectivity index is 1.89. The second-order valence-electron chi connectivity index (χ2n) is 4.69. The van der Waals surface area contributed by atoms with Crippen molar-refractivity contribution < 1.29 is 18.3 Å². The van der Waals surface area contributed by atoms with E-state index in [4.69, 9.17) is 10.5 Å². The molecule has 6 heteroatoms. The highest BCUT2D eigenvalue weighted by atomic mass is 79.9. The summed E-state index contributed by atoms with van der Waals surface area (Å²) < 4.78 is 32.3. The summed E-state index contributed by atoms with van der Waals surface area (Å²) in [6, 6.07) is 5.41. The number of hydrogen-bond acceptors (Lipinski definition) is 3. The van der Waals surface area contributed by atoms with Crippen molar-refractivity contribution in [1.82, 2.24) is 0 Å². The summed E-state index contributed by atoms with van der Waals surface area (Å²) in [5.74, 6) is -3.85. The average molecular weight is 334 g/mol. The zero-order chi connectivity index (χ0) is 14.0. The molecule has 2 N–H and O–H groups in total. The number of benzene rings is 1. The van der Waals surface area contributed by atoms with Gasteiger partial charge in [-0.25, -0.2) is 13.6 Å². The molecule has 19 heavy (non-hydrogen) atoms. The van der Waals surface area contributed by atoms with Crippen molar-refractivity contribution >= 4 is 21.9 Å². The van der Waals surface area contributed by atoms with Crippen molar-refractivity contribution in [3.05, 3.63) is 34.3 Å². The first-order valence-electron chi connectivity index (χ1n) is 5.96. The van der Waals surface area contributed by atoms with E-state index in [1.54, 1.807) is 24.3 Å². The standard InChI is InChI=1S/C13H14BrF2NO2/c14-10-3-1-8(2-4-10)12(18)19-7-9-5-6-13(15,16)11(9)17/h1-4,9,11H,5-7,17H2/t9-,11+/m1/s1. The summed E-state index contributed by atoms with van der Waals surface area (Å²) in [5.41, 5.74) is 5.84. The van der Waals surface area contributed by atoms with Crippen molar-refractivity contribution in [3.8, 4) is 0 Å². The Morgan fingerprint density at radius 3 is 2.58 bits per heavy atom. The minimum Gasteiger partial charge on any atom is -0.462 e. The molecular formula is C13H14BrF2NO2. The van der Waals surface area contributed by atoms with Gasteiger partial charge in [-0.2, -0.15) is 0 Å². The van der Waals surface area contributed by atoms with E-state index in [0.29, 0.717) is 5.56 Å². The predicted octanol–water partition coefficient (Wildman–Crippen LogP) is 2.98. The molecule has 0 amide bonds. The van der Waals surface area contributed by atoms with E-state index in [9.17, 15) is 13.6 Å². The van der Waals surface area contributed by atoms with Gasteiger partial charge in [0, 0.05) is 16.8 Å². The lowest BCUT2D eigenvalue weighted by Gasteiger charge is -2.19. The second kappa shape index (κ2) is 5.54. The van der Waals surface area contributed by atoms with E-state index >= 15 is 0 Å². The van der Waals surface area contributed by atoms with Gasteiger partial charge in [-0.05, 0) is 30.7 Å². The van der Waals surface area contributed by atoms with E-state index in [1.165, 1.54) is 0 Å². The summed E-state index contributed by atoms with van der Waals surface area (Å²) >= 11 is 3.26. The Labute approximate surface area is 118 Å². The maximum Gasteiger partial charge on any atom is 0.338 e. The molecule has 2 atom stereocenters. The maximum atomic E-state index is 13.2. The summed E-state index contributed by atoms with van der Waals surface area (Å²) in [7, 11) is 0. The van der Waals surface area contributed by atoms with Gasteiger partial charge < -0.3 is 10.5 Å². The molecule has 1 saturated carbocycles. The summed E-state index contributed by atoms with van der Waals surface area (Å²) in [4.78, 5) is 11.7. The van der Waals surface area contributed by atoms with Crippen molar-refractivity contribution in [2.75, 3.05) is 6.61 Å². The third-order valence-corrected chi connectivity index (χ3v) is 3.88. The minimum atomic E-state index is -2.85. The van der Waals surface area contributed by atoms with Gasteiger partial charge >= 0.3 is 5.97 Å². The molecule has 1 fully saturated rings. The van der Waals surface area contributed by atoms with Gasteiger partial charge in [0.25, 0.3) is 5.92 Å². The third-order valence-electron chi connectivity index (χ3n) is 3.35. The summed E-state index contributed by atoms with van der Waals surface area (Å²) in [6.45, 7) is -0.0638. The molecule has 1 aliphatic rings. The number of rotatable bonds is 3. The van der Waals surface area contributed by atoms with Crippen molar-refractivity contribution in [1.29, 1.82) is 0 Å². The quantitative estimate of drug-likeness (QED) is 0.865. The molecule has 0 saturated heterocycles. The Bertz CT molecular complexity index is 464. The Hall–Kier alpha value is -1.01. The van der Waals surface area contributed by atoms with Crippen LogP contribution in [0.2, 0.25) is 0 Å². The molecule has 0 unspecified atom stereocenters. The van der Waals surface area contributed by atoms with Gasteiger partial charge in [0.15, 0.2) is 0 Å². The summed E-state index contributed by atoms with van der Waals surface area (Å²) in [6.07, 6.45) is 0.0381. The van der Waals surface area contributed by atoms with Crippen LogP contribution < -0.4 is 5.73 Å². The van der Waals surface area contributed by atoms with Crippen molar-refractivity contribution in [2.45, 2.75) is 24.8 Å². The van der Waals surface area contributed by atoms with Crippen LogP contribution in [0.5, 0.6) is 0 Å². The van der Waals surface area contributed by atoms with E-state index in [2.05, 4.69) is 15.9 Å². The molecule has 104 valence electrons. The highest BCUT2D eigenvalue weighted by Crippen LogP contribution is 2.38. The lowest BCUT2D eigenvalue weighted by molar-refractivity contribution is -0.0181. The first-order chi connectivity index (χ1) is 8.90. The van der Waals surface area contributed by atoms with Crippen LogP contribution in [-0.4, -0.2) is 24.5 Å². The summed E-state index contributed by atoms with van der Waals surface area (Å²) in [5, 5.41) is 0. The number of hydrogen-bond donors (Lipinski definition) is 1. The SMILES string of the molecule is N[C@H]1[C@@H](COC(=O)c2ccc(Br)cc2)CCC1(F)F. The molecule has 3 nitrogen and oxygen atoms in total. The van der Waals surface area contributed by atoms with Gasteiger partial charge in [-0.1, -0.05) is 15.9 Å². The van der Waals surface area contributed by atoms with Crippen LogP contribution in [0.25, 0.3) is 0 Å². The van der Waals surface area contributed by atoms with E-state index in [-0.39, 0.29) is 19.4 Å². The van der Waals surface area contributed by atoms with Gasteiger partial charge in [0.05, 0.1) is 18.2 Å². The minimum absolute atomic E-state index is 0.0638. The maximum absolute atomic E-state index is 13.2.